The number of rotatable bonds is 6. The molecule has 1 aliphatic heterocycles. The summed E-state index contributed by atoms with van der Waals surface area (Å²) in [5, 5.41) is 6.87. The molecule has 1 aliphatic rings. The molecule has 2 heterocycles. The Morgan fingerprint density at radius 2 is 2.45 bits per heavy atom. The van der Waals surface area contributed by atoms with Crippen LogP contribution in [0.2, 0.25) is 0 Å². The lowest BCUT2D eigenvalue weighted by Gasteiger charge is -2.30. The highest BCUT2D eigenvalue weighted by Gasteiger charge is 2.18. The quantitative estimate of drug-likeness (QED) is 0.865. The Morgan fingerprint density at radius 1 is 1.60 bits per heavy atom. The van der Waals surface area contributed by atoms with Crippen LogP contribution in [0.4, 0.5) is 0 Å². The van der Waals surface area contributed by atoms with Gasteiger partial charge in [-0.2, -0.15) is 0 Å². The third kappa shape index (κ3) is 4.63. The lowest BCUT2D eigenvalue weighted by molar-refractivity contribution is -0.122. The minimum absolute atomic E-state index is 0.0625. The van der Waals surface area contributed by atoms with Crippen molar-refractivity contribution in [2.75, 3.05) is 19.6 Å². The number of aromatic nitrogens is 1. The Hall–Kier alpha value is -1.36. The number of hydrogen-bond acceptors (Lipinski definition) is 4. The van der Waals surface area contributed by atoms with Gasteiger partial charge in [-0.1, -0.05) is 25.4 Å². The van der Waals surface area contributed by atoms with Crippen LogP contribution in [0.1, 0.15) is 44.6 Å². The molecule has 1 atom stereocenters. The summed E-state index contributed by atoms with van der Waals surface area (Å²) in [6.45, 7) is 7.32. The first-order valence-electron chi connectivity index (χ1n) is 7.61. The summed E-state index contributed by atoms with van der Waals surface area (Å²) < 4.78 is 5.20. The molecule has 0 bridgehead atoms. The summed E-state index contributed by atoms with van der Waals surface area (Å²) >= 11 is 0. The average Bonchev–Trinajstić information content (AvgIpc) is 2.85. The highest BCUT2D eigenvalue weighted by atomic mass is 16.5. The number of carbonyl (C=O) groups excluding carboxylic acids is 1. The Kier molecular flexibility index (Phi) is 5.59. The summed E-state index contributed by atoms with van der Waals surface area (Å²) in [6, 6.07) is 1.92. The van der Waals surface area contributed by atoms with Gasteiger partial charge in [0.1, 0.15) is 0 Å². The van der Waals surface area contributed by atoms with Gasteiger partial charge in [-0.15, -0.1) is 0 Å². The van der Waals surface area contributed by atoms with E-state index in [1.807, 2.05) is 6.07 Å². The Labute approximate surface area is 120 Å². The smallest absolute Gasteiger partial charge is 0.234 e. The zero-order valence-corrected chi connectivity index (χ0v) is 12.5. The molecule has 112 valence electrons. The molecule has 5 nitrogen and oxygen atoms in total. The summed E-state index contributed by atoms with van der Waals surface area (Å²) in [4.78, 5) is 14.1. The van der Waals surface area contributed by atoms with Gasteiger partial charge in [0.2, 0.25) is 5.91 Å². The predicted molar refractivity (Wildman–Crippen MR) is 77.2 cm³/mol. The third-order valence-electron chi connectivity index (χ3n) is 3.68. The molecule has 1 amide bonds. The molecule has 0 spiro atoms. The van der Waals surface area contributed by atoms with Crippen LogP contribution in [0.5, 0.6) is 0 Å². The van der Waals surface area contributed by atoms with E-state index in [1.54, 1.807) is 0 Å². The summed E-state index contributed by atoms with van der Waals surface area (Å²) in [7, 11) is 0. The van der Waals surface area contributed by atoms with Crippen molar-refractivity contribution in [2.45, 2.75) is 46.1 Å². The van der Waals surface area contributed by atoms with Gasteiger partial charge >= 0.3 is 0 Å². The molecule has 1 unspecified atom stereocenters. The average molecular weight is 279 g/mol. The zero-order chi connectivity index (χ0) is 14.4. The van der Waals surface area contributed by atoms with E-state index in [-0.39, 0.29) is 5.91 Å². The van der Waals surface area contributed by atoms with Crippen LogP contribution < -0.4 is 5.32 Å². The van der Waals surface area contributed by atoms with Crippen LogP contribution in [-0.4, -0.2) is 35.6 Å². The Balaban J connectivity index is 1.71. The number of piperidine rings is 1. The predicted octanol–water partition coefficient (Wildman–Crippen LogP) is 1.98. The number of aryl methyl sites for hydroxylation is 1. The van der Waals surface area contributed by atoms with E-state index in [2.05, 4.69) is 29.2 Å². The maximum absolute atomic E-state index is 11.9. The van der Waals surface area contributed by atoms with Crippen LogP contribution in [0.15, 0.2) is 10.6 Å². The van der Waals surface area contributed by atoms with Gasteiger partial charge in [0.15, 0.2) is 5.76 Å². The van der Waals surface area contributed by atoms with Crippen molar-refractivity contribution >= 4 is 5.91 Å². The van der Waals surface area contributed by atoms with E-state index >= 15 is 0 Å². The fourth-order valence-corrected chi connectivity index (χ4v) is 2.69. The summed E-state index contributed by atoms with van der Waals surface area (Å²) in [5.41, 5.74) is 0.960. The molecule has 1 fully saturated rings. The fourth-order valence-electron chi connectivity index (χ4n) is 2.69. The molecule has 5 heteroatoms. The first kappa shape index (κ1) is 15.0. The largest absolute Gasteiger partial charge is 0.359 e. The van der Waals surface area contributed by atoms with Crippen LogP contribution in [0.3, 0.4) is 0 Å². The Morgan fingerprint density at radius 3 is 3.20 bits per heavy atom. The number of nitrogens with one attached hydrogen (secondary N) is 1. The first-order chi connectivity index (χ1) is 9.67. The van der Waals surface area contributed by atoms with Crippen LogP contribution in [0, 0.1) is 5.92 Å². The van der Waals surface area contributed by atoms with E-state index in [1.165, 1.54) is 12.8 Å². The molecule has 20 heavy (non-hydrogen) atoms. The van der Waals surface area contributed by atoms with Gasteiger partial charge in [0.05, 0.1) is 18.8 Å². The van der Waals surface area contributed by atoms with E-state index in [0.29, 0.717) is 19.0 Å². The molecular weight excluding hydrogens is 254 g/mol. The number of hydrogen-bond donors (Lipinski definition) is 1. The molecule has 0 aromatic carbocycles. The van der Waals surface area contributed by atoms with Gasteiger partial charge < -0.3 is 9.84 Å². The molecule has 2 rings (SSSR count). The number of nitrogens with zero attached hydrogens (tertiary/aromatic N) is 2. The van der Waals surface area contributed by atoms with Gasteiger partial charge in [0, 0.05) is 12.6 Å². The van der Waals surface area contributed by atoms with Crippen molar-refractivity contribution in [3.63, 3.8) is 0 Å². The van der Waals surface area contributed by atoms with Crippen molar-refractivity contribution in [2.24, 2.45) is 5.92 Å². The van der Waals surface area contributed by atoms with E-state index in [9.17, 15) is 4.79 Å². The standard InChI is InChI=1S/C15H25N3O2/c1-3-5-13-8-14(20-17-13)9-16-15(19)11-18-7-4-6-12(2)10-18/h8,12H,3-7,9-11H2,1-2H3,(H,16,19). The maximum atomic E-state index is 11.9. The molecule has 1 N–H and O–H groups in total. The zero-order valence-electron chi connectivity index (χ0n) is 12.5. The maximum Gasteiger partial charge on any atom is 0.234 e. The molecule has 0 saturated carbocycles. The molecule has 1 aromatic rings. The SMILES string of the molecule is CCCc1cc(CNC(=O)CN2CCCC(C)C2)on1. The lowest BCUT2D eigenvalue weighted by Crippen LogP contribution is -2.41. The molecule has 1 aromatic heterocycles. The van der Waals surface area contributed by atoms with E-state index in [4.69, 9.17) is 4.52 Å². The van der Waals surface area contributed by atoms with E-state index in [0.717, 1.165) is 37.4 Å². The minimum Gasteiger partial charge on any atom is -0.359 e. The topological polar surface area (TPSA) is 58.4 Å². The summed E-state index contributed by atoms with van der Waals surface area (Å²) in [5.74, 6) is 1.49. The summed E-state index contributed by atoms with van der Waals surface area (Å²) in [6.07, 6.45) is 4.43. The second kappa shape index (κ2) is 7.43. The van der Waals surface area contributed by atoms with Gasteiger partial charge in [0.25, 0.3) is 0 Å². The van der Waals surface area contributed by atoms with Crippen LogP contribution >= 0.6 is 0 Å². The molecule has 0 radical (unpaired) electrons. The van der Waals surface area contributed by atoms with Crippen molar-refractivity contribution in [1.82, 2.24) is 15.4 Å². The van der Waals surface area contributed by atoms with Gasteiger partial charge in [-0.25, -0.2) is 0 Å². The van der Waals surface area contributed by atoms with Crippen molar-refractivity contribution in [3.05, 3.63) is 17.5 Å². The van der Waals surface area contributed by atoms with Crippen molar-refractivity contribution < 1.29 is 9.32 Å². The minimum atomic E-state index is 0.0625. The lowest BCUT2D eigenvalue weighted by atomic mass is 10.0. The molecular formula is C15H25N3O2. The third-order valence-corrected chi connectivity index (χ3v) is 3.68. The van der Waals surface area contributed by atoms with Gasteiger partial charge in [-0.05, 0) is 31.7 Å². The second-order valence-electron chi connectivity index (χ2n) is 5.79. The van der Waals surface area contributed by atoms with Crippen LogP contribution in [-0.2, 0) is 17.8 Å². The first-order valence-corrected chi connectivity index (χ1v) is 7.61. The highest BCUT2D eigenvalue weighted by molar-refractivity contribution is 5.77. The monoisotopic (exact) mass is 279 g/mol. The molecule has 1 saturated heterocycles. The molecule has 0 aliphatic carbocycles. The fraction of sp³-hybridized carbons (Fsp3) is 0.733. The van der Waals surface area contributed by atoms with E-state index < -0.39 is 0 Å². The second-order valence-corrected chi connectivity index (χ2v) is 5.79. The number of carbonyl (C=O) groups is 1. The number of likely N-dealkylation sites (tertiary alicyclic amines) is 1. The normalized spacial score (nSPS) is 20.0. The van der Waals surface area contributed by atoms with Crippen LogP contribution in [0.25, 0.3) is 0 Å². The Bertz CT molecular complexity index is 431. The van der Waals surface area contributed by atoms with Crippen molar-refractivity contribution in [3.8, 4) is 0 Å². The van der Waals surface area contributed by atoms with Crippen molar-refractivity contribution in [1.29, 1.82) is 0 Å². The number of amides is 1. The highest BCUT2D eigenvalue weighted by Crippen LogP contribution is 2.14. The van der Waals surface area contributed by atoms with Gasteiger partial charge in [-0.3, -0.25) is 9.69 Å².